The first-order valence-electron chi connectivity index (χ1n) is 7.73. The van der Waals surface area contributed by atoms with Crippen molar-refractivity contribution in [1.29, 1.82) is 0 Å². The van der Waals surface area contributed by atoms with E-state index >= 15 is 0 Å². The molecule has 0 spiro atoms. The third kappa shape index (κ3) is 8.87. The third-order valence-corrected chi connectivity index (χ3v) is 3.55. The first kappa shape index (κ1) is 17.9. The molecule has 1 atom stereocenters. The number of aliphatic hydroxyl groups excluding tert-OH is 1. The molecule has 1 aliphatic carbocycles. The third-order valence-electron chi connectivity index (χ3n) is 3.55. The average molecular weight is 289 g/mol. The van der Waals surface area contributed by atoms with E-state index in [0.29, 0.717) is 32.5 Å². The van der Waals surface area contributed by atoms with Crippen LogP contribution in [0.5, 0.6) is 0 Å². The standard InChI is InChI=1S/C15H31NO4/c1-15(13-17,16-14-5-6-14)7-3-4-8-19-11-12-20-10-9-18-2/h14,16-17H,3-13H2,1-2H3. The number of methoxy groups -OCH3 is 1. The molecule has 5 heteroatoms. The topological polar surface area (TPSA) is 60.0 Å². The number of ether oxygens (including phenoxy) is 3. The monoisotopic (exact) mass is 289 g/mol. The lowest BCUT2D eigenvalue weighted by Gasteiger charge is -2.29. The molecule has 1 unspecified atom stereocenters. The molecule has 0 aliphatic heterocycles. The molecule has 0 saturated heterocycles. The van der Waals surface area contributed by atoms with Gasteiger partial charge < -0.3 is 24.6 Å². The Morgan fingerprint density at radius 3 is 2.30 bits per heavy atom. The van der Waals surface area contributed by atoms with Crippen LogP contribution in [-0.4, -0.2) is 63.4 Å². The van der Waals surface area contributed by atoms with Crippen LogP contribution in [0.2, 0.25) is 0 Å². The molecular formula is C15H31NO4. The van der Waals surface area contributed by atoms with Crippen LogP contribution in [-0.2, 0) is 14.2 Å². The van der Waals surface area contributed by atoms with Crippen LogP contribution < -0.4 is 5.32 Å². The van der Waals surface area contributed by atoms with Gasteiger partial charge in [0.1, 0.15) is 0 Å². The normalized spacial score (nSPS) is 18.1. The van der Waals surface area contributed by atoms with Crippen molar-refractivity contribution in [2.45, 2.75) is 50.6 Å². The predicted molar refractivity (Wildman–Crippen MR) is 79.0 cm³/mol. The second-order valence-electron chi connectivity index (χ2n) is 5.81. The van der Waals surface area contributed by atoms with Crippen molar-refractivity contribution in [3.63, 3.8) is 0 Å². The van der Waals surface area contributed by atoms with E-state index < -0.39 is 0 Å². The van der Waals surface area contributed by atoms with Crippen LogP contribution in [0.4, 0.5) is 0 Å². The van der Waals surface area contributed by atoms with Crippen LogP contribution in [0.3, 0.4) is 0 Å². The Hall–Kier alpha value is -0.200. The summed E-state index contributed by atoms with van der Waals surface area (Å²) >= 11 is 0. The minimum Gasteiger partial charge on any atom is -0.394 e. The summed E-state index contributed by atoms with van der Waals surface area (Å²) in [7, 11) is 1.66. The van der Waals surface area contributed by atoms with Gasteiger partial charge in [0, 0.05) is 25.3 Å². The van der Waals surface area contributed by atoms with Gasteiger partial charge in [0.15, 0.2) is 0 Å². The Balaban J connectivity index is 1.87. The van der Waals surface area contributed by atoms with E-state index in [0.717, 1.165) is 25.9 Å². The van der Waals surface area contributed by atoms with Gasteiger partial charge >= 0.3 is 0 Å². The summed E-state index contributed by atoms with van der Waals surface area (Å²) in [4.78, 5) is 0. The minimum atomic E-state index is -0.121. The molecule has 0 amide bonds. The van der Waals surface area contributed by atoms with Gasteiger partial charge in [0.05, 0.1) is 33.0 Å². The number of unbranched alkanes of at least 4 members (excludes halogenated alkanes) is 1. The molecule has 5 nitrogen and oxygen atoms in total. The van der Waals surface area contributed by atoms with E-state index in [9.17, 15) is 5.11 Å². The first-order valence-corrected chi connectivity index (χ1v) is 7.73. The maximum Gasteiger partial charge on any atom is 0.0701 e. The molecule has 20 heavy (non-hydrogen) atoms. The van der Waals surface area contributed by atoms with Gasteiger partial charge in [-0.2, -0.15) is 0 Å². The number of hydrogen-bond donors (Lipinski definition) is 2. The highest BCUT2D eigenvalue weighted by Crippen LogP contribution is 2.24. The Morgan fingerprint density at radius 2 is 1.70 bits per heavy atom. The van der Waals surface area contributed by atoms with Crippen LogP contribution in [0.15, 0.2) is 0 Å². The summed E-state index contributed by atoms with van der Waals surface area (Å²) in [5, 5.41) is 13.0. The molecule has 0 radical (unpaired) electrons. The van der Waals surface area contributed by atoms with Gasteiger partial charge in [0.25, 0.3) is 0 Å². The highest BCUT2D eigenvalue weighted by atomic mass is 16.5. The van der Waals surface area contributed by atoms with E-state index in [-0.39, 0.29) is 12.1 Å². The molecule has 120 valence electrons. The average Bonchev–Trinajstić information content (AvgIpc) is 3.25. The Kier molecular flexibility index (Phi) is 9.39. The van der Waals surface area contributed by atoms with Crippen LogP contribution >= 0.6 is 0 Å². The van der Waals surface area contributed by atoms with Gasteiger partial charge in [-0.15, -0.1) is 0 Å². The fourth-order valence-corrected chi connectivity index (χ4v) is 2.10. The lowest BCUT2D eigenvalue weighted by molar-refractivity contribution is 0.0235. The molecule has 0 aromatic heterocycles. The zero-order valence-corrected chi connectivity index (χ0v) is 13.0. The summed E-state index contributed by atoms with van der Waals surface area (Å²) in [6, 6.07) is 0.632. The Morgan fingerprint density at radius 1 is 1.05 bits per heavy atom. The minimum absolute atomic E-state index is 0.121. The van der Waals surface area contributed by atoms with Gasteiger partial charge in [0.2, 0.25) is 0 Å². The fraction of sp³-hybridized carbons (Fsp3) is 1.00. The summed E-state index contributed by atoms with van der Waals surface area (Å²) in [6.07, 6.45) is 5.60. The van der Waals surface area contributed by atoms with Crippen molar-refractivity contribution in [2.24, 2.45) is 0 Å². The van der Waals surface area contributed by atoms with Crippen molar-refractivity contribution in [2.75, 3.05) is 46.8 Å². The maximum atomic E-state index is 9.48. The SMILES string of the molecule is COCCOCCOCCCCC(C)(CO)NC1CC1. The summed E-state index contributed by atoms with van der Waals surface area (Å²) in [6.45, 7) is 5.60. The molecule has 1 saturated carbocycles. The second-order valence-corrected chi connectivity index (χ2v) is 5.81. The Labute approximate surface area is 123 Å². The molecule has 2 N–H and O–H groups in total. The molecule has 1 aliphatic rings. The summed E-state index contributed by atoms with van der Waals surface area (Å²) in [5.74, 6) is 0. The molecule has 1 fully saturated rings. The maximum absolute atomic E-state index is 9.48. The highest BCUT2D eigenvalue weighted by molar-refractivity contribution is 4.92. The van der Waals surface area contributed by atoms with E-state index in [1.54, 1.807) is 7.11 Å². The zero-order valence-electron chi connectivity index (χ0n) is 13.0. The second kappa shape index (κ2) is 10.5. The largest absolute Gasteiger partial charge is 0.394 e. The zero-order chi connectivity index (χ0) is 14.7. The van der Waals surface area contributed by atoms with Gasteiger partial charge in [-0.05, 0) is 39.0 Å². The molecular weight excluding hydrogens is 258 g/mol. The van der Waals surface area contributed by atoms with Crippen molar-refractivity contribution in [1.82, 2.24) is 5.32 Å². The molecule has 1 rings (SSSR count). The fourth-order valence-electron chi connectivity index (χ4n) is 2.10. The lowest BCUT2D eigenvalue weighted by atomic mass is 9.95. The molecule has 0 heterocycles. The number of nitrogens with one attached hydrogen (secondary N) is 1. The van der Waals surface area contributed by atoms with Crippen molar-refractivity contribution in [3.8, 4) is 0 Å². The van der Waals surface area contributed by atoms with E-state index in [1.165, 1.54) is 12.8 Å². The Bertz CT molecular complexity index is 236. The lowest BCUT2D eigenvalue weighted by Crippen LogP contribution is -2.46. The van der Waals surface area contributed by atoms with E-state index in [2.05, 4.69) is 12.2 Å². The quantitative estimate of drug-likeness (QED) is 0.473. The van der Waals surface area contributed by atoms with Crippen molar-refractivity contribution >= 4 is 0 Å². The van der Waals surface area contributed by atoms with E-state index in [1.807, 2.05) is 0 Å². The molecule has 0 aromatic rings. The van der Waals surface area contributed by atoms with Gasteiger partial charge in [-0.1, -0.05) is 0 Å². The number of hydrogen-bond acceptors (Lipinski definition) is 5. The number of aliphatic hydroxyl groups is 1. The molecule has 0 bridgehead atoms. The number of rotatable bonds is 14. The van der Waals surface area contributed by atoms with Gasteiger partial charge in [-0.3, -0.25) is 0 Å². The van der Waals surface area contributed by atoms with Crippen LogP contribution in [0.25, 0.3) is 0 Å². The predicted octanol–water partition coefficient (Wildman–Crippen LogP) is 1.34. The van der Waals surface area contributed by atoms with Crippen molar-refractivity contribution in [3.05, 3.63) is 0 Å². The van der Waals surface area contributed by atoms with Gasteiger partial charge in [-0.25, -0.2) is 0 Å². The first-order chi connectivity index (χ1) is 9.70. The summed E-state index contributed by atoms with van der Waals surface area (Å²) in [5.41, 5.74) is -0.121. The van der Waals surface area contributed by atoms with Crippen molar-refractivity contribution < 1.29 is 19.3 Å². The summed E-state index contributed by atoms with van der Waals surface area (Å²) < 4.78 is 15.7. The van der Waals surface area contributed by atoms with Crippen LogP contribution in [0, 0.1) is 0 Å². The van der Waals surface area contributed by atoms with Crippen LogP contribution in [0.1, 0.15) is 39.0 Å². The smallest absolute Gasteiger partial charge is 0.0701 e. The highest BCUT2D eigenvalue weighted by Gasteiger charge is 2.31. The van der Waals surface area contributed by atoms with E-state index in [4.69, 9.17) is 14.2 Å². The molecule has 0 aromatic carbocycles.